The second-order valence-corrected chi connectivity index (χ2v) is 5.41. The smallest absolute Gasteiger partial charge is 0.382 e. The molecular formula is C13H14F5N3O. The predicted octanol–water partition coefficient (Wildman–Crippen LogP) is 3.07. The number of nitrogens with zero attached hydrogens (tertiary/aromatic N) is 3. The Morgan fingerprint density at radius 2 is 2.14 bits per heavy atom. The molecule has 0 aromatic carbocycles. The number of hydrogen-bond donors (Lipinski definition) is 1. The number of rotatable bonds is 3. The SMILES string of the molecule is C[C@@H](C#N)CCn1nc(C(F)(F)F)c2c1CCC(F)(F)[C@H]2O. The van der Waals surface area contributed by atoms with Crippen molar-refractivity contribution in [3.8, 4) is 6.07 Å². The lowest BCUT2D eigenvalue weighted by atomic mass is 9.89. The summed E-state index contributed by atoms with van der Waals surface area (Å²) in [4.78, 5) is 0. The average molecular weight is 323 g/mol. The van der Waals surface area contributed by atoms with Gasteiger partial charge in [0.2, 0.25) is 0 Å². The van der Waals surface area contributed by atoms with Crippen LogP contribution in [0.1, 0.15) is 42.8 Å². The molecule has 0 amide bonds. The first-order valence-corrected chi connectivity index (χ1v) is 6.70. The average Bonchev–Trinajstić information content (AvgIpc) is 2.79. The minimum Gasteiger partial charge on any atom is -0.382 e. The highest BCUT2D eigenvalue weighted by molar-refractivity contribution is 5.35. The standard InChI is InChI=1S/C13H14F5N3O/c1-7(6-19)3-5-21-8-2-4-12(14,15)11(22)9(8)10(20-21)13(16,17)18/h7,11,22H,2-5H2,1H3/t7-,11+/m1/s1. The van der Waals surface area contributed by atoms with Crippen LogP contribution < -0.4 is 0 Å². The van der Waals surface area contributed by atoms with Crippen molar-refractivity contribution in [2.45, 2.75) is 50.9 Å². The fourth-order valence-corrected chi connectivity index (χ4v) is 2.47. The Hall–Kier alpha value is -1.69. The van der Waals surface area contributed by atoms with Crippen LogP contribution in [0.5, 0.6) is 0 Å². The molecule has 0 aliphatic heterocycles. The lowest BCUT2D eigenvalue weighted by molar-refractivity contribution is -0.150. The van der Waals surface area contributed by atoms with Crippen LogP contribution in [-0.2, 0) is 19.1 Å². The molecule has 1 heterocycles. The quantitative estimate of drug-likeness (QED) is 0.870. The molecular weight excluding hydrogens is 309 g/mol. The van der Waals surface area contributed by atoms with Gasteiger partial charge in [-0.2, -0.15) is 23.5 Å². The van der Waals surface area contributed by atoms with Gasteiger partial charge in [0.25, 0.3) is 5.92 Å². The van der Waals surface area contributed by atoms with Crippen LogP contribution in [0.15, 0.2) is 0 Å². The molecule has 0 spiro atoms. The van der Waals surface area contributed by atoms with E-state index >= 15 is 0 Å². The van der Waals surface area contributed by atoms with E-state index in [0.29, 0.717) is 0 Å². The first kappa shape index (κ1) is 16.7. The monoisotopic (exact) mass is 323 g/mol. The van der Waals surface area contributed by atoms with Gasteiger partial charge in [-0.05, 0) is 19.8 Å². The zero-order valence-corrected chi connectivity index (χ0v) is 11.7. The third kappa shape index (κ3) is 2.92. The zero-order chi connectivity index (χ0) is 16.7. The number of aliphatic hydroxyl groups is 1. The summed E-state index contributed by atoms with van der Waals surface area (Å²) < 4.78 is 67.0. The second kappa shape index (κ2) is 5.50. The topological polar surface area (TPSA) is 61.8 Å². The van der Waals surface area contributed by atoms with Crippen LogP contribution in [0.3, 0.4) is 0 Å². The van der Waals surface area contributed by atoms with Crippen LogP contribution in [0.4, 0.5) is 22.0 Å². The Kier molecular flexibility index (Phi) is 4.17. The highest BCUT2D eigenvalue weighted by Crippen LogP contribution is 2.46. The van der Waals surface area contributed by atoms with E-state index in [1.165, 1.54) is 0 Å². The zero-order valence-electron chi connectivity index (χ0n) is 11.7. The summed E-state index contributed by atoms with van der Waals surface area (Å²) in [5.74, 6) is -4.01. The maximum absolute atomic E-state index is 13.5. The lowest BCUT2D eigenvalue weighted by Crippen LogP contribution is -2.33. The molecule has 22 heavy (non-hydrogen) atoms. The summed E-state index contributed by atoms with van der Waals surface area (Å²) in [5, 5.41) is 21.7. The largest absolute Gasteiger partial charge is 0.435 e. The van der Waals surface area contributed by atoms with Crippen molar-refractivity contribution < 1.29 is 27.1 Å². The summed E-state index contributed by atoms with van der Waals surface area (Å²) in [6.45, 7) is 1.61. The van der Waals surface area contributed by atoms with Crippen molar-refractivity contribution >= 4 is 0 Å². The molecule has 0 saturated heterocycles. The lowest BCUT2D eigenvalue weighted by Gasteiger charge is -2.28. The fourth-order valence-electron chi connectivity index (χ4n) is 2.47. The van der Waals surface area contributed by atoms with E-state index in [1.54, 1.807) is 6.92 Å². The molecule has 1 aromatic heterocycles. The molecule has 0 unspecified atom stereocenters. The van der Waals surface area contributed by atoms with Gasteiger partial charge in [0.1, 0.15) is 6.10 Å². The number of hydrogen-bond acceptors (Lipinski definition) is 3. The number of aliphatic hydroxyl groups excluding tert-OH is 1. The van der Waals surface area contributed by atoms with E-state index in [0.717, 1.165) is 4.68 Å². The van der Waals surface area contributed by atoms with Crippen LogP contribution in [0, 0.1) is 17.2 Å². The molecule has 9 heteroatoms. The third-order valence-corrected chi connectivity index (χ3v) is 3.73. The molecule has 0 saturated carbocycles. The van der Waals surface area contributed by atoms with Gasteiger partial charge in [0.15, 0.2) is 5.69 Å². The number of fused-ring (bicyclic) bond motifs is 1. The molecule has 4 nitrogen and oxygen atoms in total. The van der Waals surface area contributed by atoms with E-state index in [4.69, 9.17) is 5.26 Å². The number of alkyl halides is 5. The highest BCUT2D eigenvalue weighted by Gasteiger charge is 2.51. The second-order valence-electron chi connectivity index (χ2n) is 5.41. The summed E-state index contributed by atoms with van der Waals surface area (Å²) in [6.07, 6.45) is -8.24. The Morgan fingerprint density at radius 1 is 1.50 bits per heavy atom. The van der Waals surface area contributed by atoms with Gasteiger partial charge in [-0.25, -0.2) is 8.78 Å². The third-order valence-electron chi connectivity index (χ3n) is 3.73. The van der Waals surface area contributed by atoms with E-state index in [1.807, 2.05) is 6.07 Å². The van der Waals surface area contributed by atoms with Crippen LogP contribution in [-0.4, -0.2) is 20.8 Å². The van der Waals surface area contributed by atoms with E-state index in [-0.39, 0.29) is 25.1 Å². The van der Waals surface area contributed by atoms with Gasteiger partial charge in [-0.15, -0.1) is 0 Å². The molecule has 0 fully saturated rings. The van der Waals surface area contributed by atoms with Crippen molar-refractivity contribution in [3.63, 3.8) is 0 Å². The molecule has 0 bridgehead atoms. The van der Waals surface area contributed by atoms with Crippen molar-refractivity contribution in [1.29, 1.82) is 5.26 Å². The Morgan fingerprint density at radius 3 is 2.68 bits per heavy atom. The molecule has 2 atom stereocenters. The molecule has 1 aliphatic carbocycles. The Labute approximate surface area is 123 Å². The van der Waals surface area contributed by atoms with Crippen LogP contribution >= 0.6 is 0 Å². The van der Waals surface area contributed by atoms with Crippen molar-refractivity contribution in [2.75, 3.05) is 0 Å². The summed E-state index contributed by atoms with van der Waals surface area (Å²) in [7, 11) is 0. The van der Waals surface area contributed by atoms with Crippen molar-refractivity contribution in [3.05, 3.63) is 17.0 Å². The number of aromatic nitrogens is 2. The van der Waals surface area contributed by atoms with E-state index in [2.05, 4.69) is 5.10 Å². The van der Waals surface area contributed by atoms with Crippen molar-refractivity contribution in [2.24, 2.45) is 5.92 Å². The number of aryl methyl sites for hydroxylation is 1. The first-order chi connectivity index (χ1) is 10.1. The van der Waals surface area contributed by atoms with Crippen LogP contribution in [0.25, 0.3) is 0 Å². The predicted molar refractivity (Wildman–Crippen MR) is 64.9 cm³/mol. The van der Waals surface area contributed by atoms with Gasteiger partial charge in [-0.3, -0.25) is 4.68 Å². The Bertz CT molecular complexity index is 602. The molecule has 1 N–H and O–H groups in total. The van der Waals surface area contributed by atoms with E-state index in [9.17, 15) is 27.1 Å². The number of halogens is 5. The first-order valence-electron chi connectivity index (χ1n) is 6.70. The normalized spacial score (nSPS) is 22.0. The van der Waals surface area contributed by atoms with Gasteiger partial charge < -0.3 is 5.11 Å². The molecule has 1 aromatic rings. The van der Waals surface area contributed by atoms with Gasteiger partial charge >= 0.3 is 6.18 Å². The number of nitriles is 1. The summed E-state index contributed by atoms with van der Waals surface area (Å²) in [6, 6.07) is 1.94. The Balaban J connectivity index is 2.45. The summed E-state index contributed by atoms with van der Waals surface area (Å²) >= 11 is 0. The fraction of sp³-hybridized carbons (Fsp3) is 0.692. The molecule has 2 rings (SSSR count). The van der Waals surface area contributed by atoms with Gasteiger partial charge in [0.05, 0.1) is 6.07 Å². The minimum absolute atomic E-state index is 0.00539. The van der Waals surface area contributed by atoms with Crippen molar-refractivity contribution in [1.82, 2.24) is 9.78 Å². The minimum atomic E-state index is -4.93. The van der Waals surface area contributed by atoms with Gasteiger partial charge in [0, 0.05) is 30.1 Å². The molecule has 0 radical (unpaired) electrons. The summed E-state index contributed by atoms with van der Waals surface area (Å²) in [5.41, 5.74) is -2.34. The highest BCUT2D eigenvalue weighted by atomic mass is 19.4. The maximum Gasteiger partial charge on any atom is 0.435 e. The van der Waals surface area contributed by atoms with Gasteiger partial charge in [-0.1, -0.05) is 0 Å². The molecule has 1 aliphatic rings. The van der Waals surface area contributed by atoms with Crippen LogP contribution in [0.2, 0.25) is 0 Å². The molecule has 122 valence electrons. The maximum atomic E-state index is 13.5. The van der Waals surface area contributed by atoms with E-state index < -0.39 is 41.8 Å².